The van der Waals surface area contributed by atoms with E-state index in [1.165, 1.54) is 6.26 Å². The van der Waals surface area contributed by atoms with Crippen molar-refractivity contribution in [2.75, 3.05) is 50.4 Å². The van der Waals surface area contributed by atoms with Crippen molar-refractivity contribution in [2.45, 2.75) is 4.90 Å². The van der Waals surface area contributed by atoms with Crippen molar-refractivity contribution in [1.82, 2.24) is 4.90 Å². The lowest BCUT2D eigenvalue weighted by atomic mass is 10.2. The van der Waals surface area contributed by atoms with Crippen molar-refractivity contribution >= 4 is 15.5 Å². The van der Waals surface area contributed by atoms with Gasteiger partial charge in [-0.15, -0.1) is 0 Å². The number of hydrogen-bond acceptors (Lipinski definition) is 5. The highest BCUT2D eigenvalue weighted by molar-refractivity contribution is 7.90. The topological polar surface area (TPSA) is 66.6 Å². The fraction of sp³-hybridized carbons (Fsp3) is 0.538. The van der Waals surface area contributed by atoms with Crippen molar-refractivity contribution in [3.05, 3.63) is 24.3 Å². The van der Waals surface area contributed by atoms with E-state index in [0.29, 0.717) is 11.4 Å². The first-order valence-electron chi connectivity index (χ1n) is 6.48. The summed E-state index contributed by atoms with van der Waals surface area (Å²) in [4.78, 5) is 5.00. The summed E-state index contributed by atoms with van der Waals surface area (Å²) in [5.41, 5.74) is 6.63. The zero-order valence-corrected chi connectivity index (χ0v) is 12.1. The van der Waals surface area contributed by atoms with Crippen LogP contribution in [0.2, 0.25) is 0 Å². The Morgan fingerprint density at radius 2 is 1.68 bits per heavy atom. The van der Waals surface area contributed by atoms with Gasteiger partial charge in [0, 0.05) is 51.2 Å². The molecule has 0 saturated carbocycles. The Labute approximate surface area is 114 Å². The third-order valence-electron chi connectivity index (χ3n) is 3.45. The second-order valence-corrected chi connectivity index (χ2v) is 6.90. The van der Waals surface area contributed by atoms with Gasteiger partial charge in [0.25, 0.3) is 0 Å². The highest BCUT2D eigenvalue weighted by Crippen LogP contribution is 2.19. The van der Waals surface area contributed by atoms with Crippen LogP contribution in [0.15, 0.2) is 29.2 Å². The van der Waals surface area contributed by atoms with E-state index >= 15 is 0 Å². The van der Waals surface area contributed by atoms with E-state index in [1.807, 2.05) is 12.1 Å². The smallest absolute Gasteiger partial charge is 0.175 e. The zero-order chi connectivity index (χ0) is 13.9. The van der Waals surface area contributed by atoms with Gasteiger partial charge in [-0.2, -0.15) is 0 Å². The van der Waals surface area contributed by atoms with Gasteiger partial charge < -0.3 is 10.6 Å². The van der Waals surface area contributed by atoms with Crippen LogP contribution >= 0.6 is 0 Å². The fourth-order valence-electron chi connectivity index (χ4n) is 2.32. The molecule has 0 bridgehead atoms. The van der Waals surface area contributed by atoms with Crippen LogP contribution in [0.5, 0.6) is 0 Å². The van der Waals surface area contributed by atoms with Gasteiger partial charge >= 0.3 is 0 Å². The maximum atomic E-state index is 11.4. The summed E-state index contributed by atoms with van der Waals surface area (Å²) in [5, 5.41) is 0. The summed E-state index contributed by atoms with van der Waals surface area (Å²) in [5.74, 6) is 0. The number of benzene rings is 1. The van der Waals surface area contributed by atoms with Crippen LogP contribution in [-0.4, -0.2) is 58.8 Å². The molecule has 1 saturated heterocycles. The molecule has 19 heavy (non-hydrogen) atoms. The van der Waals surface area contributed by atoms with Crippen molar-refractivity contribution in [3.8, 4) is 0 Å². The first kappa shape index (κ1) is 14.3. The molecule has 0 amide bonds. The van der Waals surface area contributed by atoms with Crippen LogP contribution in [0.4, 0.5) is 5.69 Å². The molecular weight excluding hydrogens is 262 g/mol. The number of piperazine rings is 1. The van der Waals surface area contributed by atoms with E-state index in [9.17, 15) is 8.42 Å². The lowest BCUT2D eigenvalue weighted by molar-refractivity contribution is 0.265. The first-order valence-corrected chi connectivity index (χ1v) is 8.37. The van der Waals surface area contributed by atoms with Gasteiger partial charge in [-0.1, -0.05) is 0 Å². The van der Waals surface area contributed by atoms with Crippen molar-refractivity contribution in [1.29, 1.82) is 0 Å². The predicted molar refractivity (Wildman–Crippen MR) is 77.3 cm³/mol. The molecule has 2 rings (SSSR count). The zero-order valence-electron chi connectivity index (χ0n) is 11.2. The minimum absolute atomic E-state index is 0.373. The third kappa shape index (κ3) is 3.68. The second kappa shape index (κ2) is 5.90. The number of rotatable bonds is 4. The monoisotopic (exact) mass is 283 g/mol. The maximum Gasteiger partial charge on any atom is 0.175 e. The van der Waals surface area contributed by atoms with Crippen LogP contribution in [0, 0.1) is 0 Å². The van der Waals surface area contributed by atoms with E-state index in [1.54, 1.807) is 12.1 Å². The van der Waals surface area contributed by atoms with E-state index in [0.717, 1.165) is 38.4 Å². The highest BCUT2D eigenvalue weighted by atomic mass is 32.2. The van der Waals surface area contributed by atoms with E-state index in [4.69, 9.17) is 5.73 Å². The minimum Gasteiger partial charge on any atom is -0.369 e. The quantitative estimate of drug-likeness (QED) is 0.853. The molecule has 1 aromatic rings. The molecule has 5 nitrogen and oxygen atoms in total. The average molecular weight is 283 g/mol. The molecule has 1 aliphatic heterocycles. The summed E-state index contributed by atoms with van der Waals surface area (Å²) in [6.07, 6.45) is 1.23. The molecule has 1 aromatic carbocycles. The van der Waals surface area contributed by atoms with Crippen LogP contribution in [0.3, 0.4) is 0 Å². The molecule has 0 atom stereocenters. The fourth-order valence-corrected chi connectivity index (χ4v) is 2.95. The molecular formula is C13H21N3O2S. The summed E-state index contributed by atoms with van der Waals surface area (Å²) in [6.45, 7) is 5.57. The molecule has 6 heteroatoms. The SMILES string of the molecule is CS(=O)(=O)c1ccc(N2CCN(CCN)CC2)cc1. The van der Waals surface area contributed by atoms with Crippen LogP contribution in [0.25, 0.3) is 0 Å². The normalized spacial score (nSPS) is 17.7. The molecule has 2 N–H and O–H groups in total. The van der Waals surface area contributed by atoms with Crippen molar-refractivity contribution < 1.29 is 8.42 Å². The van der Waals surface area contributed by atoms with E-state index in [-0.39, 0.29) is 0 Å². The van der Waals surface area contributed by atoms with Gasteiger partial charge in [-0.3, -0.25) is 4.90 Å². The van der Waals surface area contributed by atoms with Crippen molar-refractivity contribution in [3.63, 3.8) is 0 Å². The van der Waals surface area contributed by atoms with Crippen LogP contribution in [-0.2, 0) is 9.84 Å². The number of hydrogen-bond donors (Lipinski definition) is 1. The van der Waals surface area contributed by atoms with E-state index in [2.05, 4.69) is 9.80 Å². The molecule has 1 heterocycles. The predicted octanol–water partition coefficient (Wildman–Crippen LogP) is 0.171. The Bertz CT molecular complexity index is 505. The van der Waals surface area contributed by atoms with Crippen molar-refractivity contribution in [2.24, 2.45) is 5.73 Å². The van der Waals surface area contributed by atoms with Gasteiger partial charge in [-0.25, -0.2) is 8.42 Å². The summed E-state index contributed by atoms with van der Waals surface area (Å²) in [7, 11) is -3.11. The molecule has 1 fully saturated rings. The number of sulfone groups is 1. The molecule has 1 aliphatic rings. The largest absolute Gasteiger partial charge is 0.369 e. The Balaban J connectivity index is 2.00. The molecule has 0 radical (unpaired) electrons. The number of nitrogens with two attached hydrogens (primary N) is 1. The van der Waals surface area contributed by atoms with Gasteiger partial charge in [0.05, 0.1) is 4.90 Å². The second-order valence-electron chi connectivity index (χ2n) is 4.88. The Kier molecular flexibility index (Phi) is 4.44. The standard InChI is InChI=1S/C13H21N3O2S/c1-19(17,18)13-4-2-12(3-5-13)16-10-8-15(7-6-14)9-11-16/h2-5H,6-11,14H2,1H3. The number of nitrogens with zero attached hydrogens (tertiary/aromatic N) is 2. The van der Waals surface area contributed by atoms with Crippen LogP contribution in [0.1, 0.15) is 0 Å². The van der Waals surface area contributed by atoms with E-state index < -0.39 is 9.84 Å². The average Bonchev–Trinajstić information content (AvgIpc) is 2.39. The molecule has 0 unspecified atom stereocenters. The first-order chi connectivity index (χ1) is 9.00. The lowest BCUT2D eigenvalue weighted by Gasteiger charge is -2.35. The number of anilines is 1. The Hall–Kier alpha value is -1.11. The van der Waals surface area contributed by atoms with Crippen LogP contribution < -0.4 is 10.6 Å². The lowest BCUT2D eigenvalue weighted by Crippen LogP contribution is -2.47. The Morgan fingerprint density at radius 3 is 2.16 bits per heavy atom. The molecule has 106 valence electrons. The highest BCUT2D eigenvalue weighted by Gasteiger charge is 2.16. The maximum absolute atomic E-state index is 11.4. The molecule has 0 aromatic heterocycles. The summed E-state index contributed by atoms with van der Waals surface area (Å²) < 4.78 is 22.8. The van der Waals surface area contributed by atoms with Gasteiger partial charge in [-0.05, 0) is 24.3 Å². The molecule has 0 spiro atoms. The van der Waals surface area contributed by atoms with Gasteiger partial charge in [0.1, 0.15) is 0 Å². The van der Waals surface area contributed by atoms with Gasteiger partial charge in [0.15, 0.2) is 9.84 Å². The summed E-state index contributed by atoms with van der Waals surface area (Å²) in [6, 6.07) is 7.12. The summed E-state index contributed by atoms with van der Waals surface area (Å²) >= 11 is 0. The molecule has 0 aliphatic carbocycles. The minimum atomic E-state index is -3.11. The Morgan fingerprint density at radius 1 is 1.11 bits per heavy atom. The van der Waals surface area contributed by atoms with Gasteiger partial charge in [0.2, 0.25) is 0 Å². The third-order valence-corrected chi connectivity index (χ3v) is 4.58.